The molecule has 86 valence electrons. The number of benzene rings is 1. The number of nitrogens with one attached hydrogen (secondary N) is 1. The summed E-state index contributed by atoms with van der Waals surface area (Å²) in [5, 5.41) is 2.79. The maximum Gasteiger partial charge on any atom is 0.323 e. The molecule has 1 aromatic carbocycles. The molecule has 0 aromatic heterocycles. The molecule has 16 heavy (non-hydrogen) atoms. The number of anilines is 1. The summed E-state index contributed by atoms with van der Waals surface area (Å²) in [6, 6.07) is 9.13. The molecule has 0 bridgehead atoms. The molecule has 2 amide bonds. The highest BCUT2D eigenvalue weighted by atomic mass is 16.5. The van der Waals surface area contributed by atoms with Gasteiger partial charge >= 0.3 is 6.03 Å². The topological polar surface area (TPSA) is 67.6 Å². The van der Waals surface area contributed by atoms with E-state index in [1.54, 1.807) is 4.90 Å². The van der Waals surface area contributed by atoms with Crippen LogP contribution in [0.4, 0.5) is 10.5 Å². The third-order valence-corrected chi connectivity index (χ3v) is 2.45. The first-order valence-electron chi connectivity index (χ1n) is 5.23. The highest BCUT2D eigenvalue weighted by Crippen LogP contribution is 2.09. The minimum atomic E-state index is -0.363. The molecule has 0 saturated carbocycles. The summed E-state index contributed by atoms with van der Waals surface area (Å²) in [5.74, 6) is 0. The van der Waals surface area contributed by atoms with Crippen molar-refractivity contribution in [3.05, 3.63) is 30.3 Å². The Bertz CT molecular complexity index is 356. The second-order valence-electron chi connectivity index (χ2n) is 3.63. The van der Waals surface area contributed by atoms with Gasteiger partial charge in [-0.25, -0.2) is 4.79 Å². The molecular weight excluding hydrogens is 206 g/mol. The van der Waals surface area contributed by atoms with Crippen molar-refractivity contribution in [2.75, 3.05) is 25.1 Å². The quantitative estimate of drug-likeness (QED) is 0.738. The largest absolute Gasteiger partial charge is 0.376 e. The summed E-state index contributed by atoms with van der Waals surface area (Å²) in [7, 11) is 0. The molecule has 0 aliphatic carbocycles. The van der Waals surface area contributed by atoms with Crippen LogP contribution >= 0.6 is 0 Å². The van der Waals surface area contributed by atoms with E-state index in [4.69, 9.17) is 10.5 Å². The number of hydrogen-bond donors (Lipinski definition) is 2. The molecule has 5 nitrogen and oxygen atoms in total. The molecule has 0 spiro atoms. The van der Waals surface area contributed by atoms with Crippen LogP contribution in [0.25, 0.3) is 0 Å². The van der Waals surface area contributed by atoms with Crippen LogP contribution in [-0.4, -0.2) is 36.9 Å². The lowest BCUT2D eigenvalue weighted by molar-refractivity contribution is 0.0179. The van der Waals surface area contributed by atoms with Crippen molar-refractivity contribution in [3.63, 3.8) is 0 Å². The van der Waals surface area contributed by atoms with Gasteiger partial charge in [0.05, 0.1) is 13.2 Å². The zero-order valence-electron chi connectivity index (χ0n) is 8.93. The standard InChI is InChI=1S/C11H15N3O2/c12-10-8-16-7-6-14(10)11(15)13-9-4-2-1-3-5-9/h1-5,10H,6-8,12H2,(H,13,15). The molecule has 5 heteroatoms. The van der Waals surface area contributed by atoms with Gasteiger partial charge in [-0.15, -0.1) is 0 Å². The summed E-state index contributed by atoms with van der Waals surface area (Å²) in [6.07, 6.45) is -0.363. The Hall–Kier alpha value is -1.59. The fourth-order valence-corrected chi connectivity index (χ4v) is 1.59. The molecule has 1 aliphatic rings. The van der Waals surface area contributed by atoms with Gasteiger partial charge in [0.2, 0.25) is 0 Å². The minimum absolute atomic E-state index is 0.179. The number of morpholine rings is 1. The number of carbonyl (C=O) groups is 1. The predicted molar refractivity (Wildman–Crippen MR) is 61.0 cm³/mol. The second kappa shape index (κ2) is 4.96. The van der Waals surface area contributed by atoms with Gasteiger partial charge in [-0.1, -0.05) is 18.2 Å². The molecule has 1 aliphatic heterocycles. The van der Waals surface area contributed by atoms with E-state index >= 15 is 0 Å². The molecule has 1 heterocycles. The average molecular weight is 221 g/mol. The molecule has 1 aromatic rings. The highest BCUT2D eigenvalue weighted by molar-refractivity contribution is 5.89. The number of urea groups is 1. The van der Waals surface area contributed by atoms with Gasteiger partial charge in [0.25, 0.3) is 0 Å². The normalized spacial score (nSPS) is 20.6. The molecule has 3 N–H and O–H groups in total. The van der Waals surface area contributed by atoms with Crippen LogP contribution in [-0.2, 0) is 4.74 Å². The Kier molecular flexibility index (Phi) is 3.38. The summed E-state index contributed by atoms with van der Waals surface area (Å²) < 4.78 is 5.17. The lowest BCUT2D eigenvalue weighted by Crippen LogP contribution is -2.54. The number of nitrogens with two attached hydrogens (primary N) is 1. The van der Waals surface area contributed by atoms with Crippen molar-refractivity contribution in [2.45, 2.75) is 6.17 Å². The number of amides is 2. The highest BCUT2D eigenvalue weighted by Gasteiger charge is 2.23. The van der Waals surface area contributed by atoms with E-state index in [2.05, 4.69) is 5.32 Å². The number of rotatable bonds is 1. The Morgan fingerprint density at radius 3 is 2.88 bits per heavy atom. The van der Waals surface area contributed by atoms with Crippen LogP contribution in [0.15, 0.2) is 30.3 Å². The van der Waals surface area contributed by atoms with Crippen molar-refractivity contribution in [3.8, 4) is 0 Å². The fraction of sp³-hybridized carbons (Fsp3) is 0.364. The van der Waals surface area contributed by atoms with Gasteiger partial charge in [0, 0.05) is 12.2 Å². The second-order valence-corrected chi connectivity index (χ2v) is 3.63. The Balaban J connectivity index is 1.97. The Labute approximate surface area is 94.2 Å². The first kappa shape index (κ1) is 10.9. The molecule has 1 atom stereocenters. The van der Waals surface area contributed by atoms with Crippen LogP contribution in [0, 0.1) is 0 Å². The van der Waals surface area contributed by atoms with Gasteiger partial charge in [-0.2, -0.15) is 0 Å². The lowest BCUT2D eigenvalue weighted by atomic mass is 10.3. The van der Waals surface area contributed by atoms with Crippen molar-refractivity contribution in [1.82, 2.24) is 4.90 Å². The SMILES string of the molecule is NC1COCCN1C(=O)Nc1ccccc1. The number of carbonyl (C=O) groups excluding carboxylic acids is 1. The van der Waals surface area contributed by atoms with E-state index in [1.807, 2.05) is 30.3 Å². The van der Waals surface area contributed by atoms with Crippen molar-refractivity contribution >= 4 is 11.7 Å². The monoisotopic (exact) mass is 221 g/mol. The van der Waals surface area contributed by atoms with Gasteiger partial charge in [0.1, 0.15) is 6.17 Å². The van der Waals surface area contributed by atoms with Gasteiger partial charge in [-0.3, -0.25) is 0 Å². The van der Waals surface area contributed by atoms with Crippen molar-refractivity contribution in [2.24, 2.45) is 5.73 Å². The van der Waals surface area contributed by atoms with E-state index in [1.165, 1.54) is 0 Å². The molecular formula is C11H15N3O2. The number of nitrogens with zero attached hydrogens (tertiary/aromatic N) is 1. The maximum absolute atomic E-state index is 11.9. The van der Waals surface area contributed by atoms with Crippen molar-refractivity contribution in [1.29, 1.82) is 0 Å². The first-order valence-corrected chi connectivity index (χ1v) is 5.23. The van der Waals surface area contributed by atoms with E-state index in [0.717, 1.165) is 5.69 Å². The van der Waals surface area contributed by atoms with E-state index in [9.17, 15) is 4.79 Å². The van der Waals surface area contributed by atoms with Gasteiger partial charge in [-0.05, 0) is 12.1 Å². The Morgan fingerprint density at radius 1 is 1.44 bits per heavy atom. The van der Waals surface area contributed by atoms with E-state index in [-0.39, 0.29) is 12.2 Å². The third kappa shape index (κ3) is 2.50. The van der Waals surface area contributed by atoms with Crippen LogP contribution < -0.4 is 11.1 Å². The van der Waals surface area contributed by atoms with Crippen LogP contribution in [0.2, 0.25) is 0 Å². The first-order chi connectivity index (χ1) is 7.77. The fourth-order valence-electron chi connectivity index (χ4n) is 1.59. The predicted octanol–water partition coefficient (Wildman–Crippen LogP) is 0.835. The summed E-state index contributed by atoms with van der Waals surface area (Å²) in [6.45, 7) is 1.46. The van der Waals surface area contributed by atoms with Gasteiger partial charge in [0.15, 0.2) is 0 Å². The lowest BCUT2D eigenvalue weighted by Gasteiger charge is -2.32. The summed E-state index contributed by atoms with van der Waals surface area (Å²) in [4.78, 5) is 13.4. The number of hydrogen-bond acceptors (Lipinski definition) is 3. The summed E-state index contributed by atoms with van der Waals surface area (Å²) >= 11 is 0. The average Bonchev–Trinajstić information content (AvgIpc) is 2.31. The van der Waals surface area contributed by atoms with Crippen LogP contribution in [0.3, 0.4) is 0 Å². The zero-order chi connectivity index (χ0) is 11.4. The molecule has 1 unspecified atom stereocenters. The maximum atomic E-state index is 11.9. The molecule has 1 fully saturated rings. The van der Waals surface area contributed by atoms with Gasteiger partial charge < -0.3 is 20.7 Å². The third-order valence-electron chi connectivity index (χ3n) is 2.45. The molecule has 1 saturated heterocycles. The molecule has 0 radical (unpaired) electrons. The van der Waals surface area contributed by atoms with E-state index in [0.29, 0.717) is 19.8 Å². The Morgan fingerprint density at radius 2 is 2.19 bits per heavy atom. The number of ether oxygens (including phenoxy) is 1. The number of para-hydroxylation sites is 1. The molecule has 2 rings (SSSR count). The van der Waals surface area contributed by atoms with E-state index < -0.39 is 0 Å². The zero-order valence-corrected chi connectivity index (χ0v) is 8.93. The van der Waals surface area contributed by atoms with Crippen LogP contribution in [0.1, 0.15) is 0 Å². The van der Waals surface area contributed by atoms with Crippen molar-refractivity contribution < 1.29 is 9.53 Å². The smallest absolute Gasteiger partial charge is 0.323 e. The summed E-state index contributed by atoms with van der Waals surface area (Å²) in [5.41, 5.74) is 6.54. The minimum Gasteiger partial charge on any atom is -0.376 e. The van der Waals surface area contributed by atoms with Crippen LogP contribution in [0.5, 0.6) is 0 Å².